The summed E-state index contributed by atoms with van der Waals surface area (Å²) >= 11 is 0. The Bertz CT molecular complexity index is 1000. The zero-order valence-corrected chi connectivity index (χ0v) is 18.4. The lowest BCUT2D eigenvalue weighted by atomic mass is 9.72. The fourth-order valence-electron chi connectivity index (χ4n) is 4.55. The van der Waals surface area contributed by atoms with Crippen LogP contribution in [0.25, 0.3) is 0 Å². The van der Waals surface area contributed by atoms with E-state index in [0.29, 0.717) is 26.0 Å². The van der Waals surface area contributed by atoms with Gasteiger partial charge in [0.15, 0.2) is 0 Å². The first-order valence-corrected chi connectivity index (χ1v) is 11.2. The number of halogens is 2. The average molecular weight is 451 g/mol. The summed E-state index contributed by atoms with van der Waals surface area (Å²) in [5.41, 5.74) is 7.78. The predicted octanol–water partition coefficient (Wildman–Crippen LogP) is 4.59. The molecule has 33 heavy (non-hydrogen) atoms. The molecule has 1 amide bonds. The van der Waals surface area contributed by atoms with Gasteiger partial charge in [0, 0.05) is 6.54 Å². The normalized spacial score (nSPS) is 16.1. The van der Waals surface area contributed by atoms with Gasteiger partial charge in [-0.3, -0.25) is 4.79 Å². The van der Waals surface area contributed by atoms with Crippen molar-refractivity contribution in [2.75, 3.05) is 26.2 Å². The van der Waals surface area contributed by atoms with E-state index in [0.717, 1.165) is 29.8 Å². The highest BCUT2D eigenvalue weighted by Gasteiger charge is 2.41. The number of benzene rings is 3. The fraction of sp³-hybridized carbons (Fsp3) is 0.296. The van der Waals surface area contributed by atoms with E-state index in [-0.39, 0.29) is 17.5 Å². The fourth-order valence-corrected chi connectivity index (χ4v) is 4.55. The molecule has 2 N–H and O–H groups in total. The highest BCUT2D eigenvalue weighted by molar-refractivity contribution is 5.86. The van der Waals surface area contributed by atoms with Crippen LogP contribution < -0.4 is 5.73 Å². The monoisotopic (exact) mass is 450 g/mol. The Morgan fingerprint density at radius 3 is 1.88 bits per heavy atom. The zero-order chi connectivity index (χ0) is 23.3. The lowest BCUT2D eigenvalue weighted by Gasteiger charge is -2.40. The lowest BCUT2D eigenvalue weighted by molar-refractivity contribution is -0.125. The van der Waals surface area contributed by atoms with Gasteiger partial charge in [0.05, 0.1) is 12.0 Å². The van der Waals surface area contributed by atoms with E-state index in [1.54, 1.807) is 24.3 Å². The molecule has 0 saturated carbocycles. The molecule has 4 rings (SSSR count). The number of amides is 1. The molecule has 3 aromatic carbocycles. The topological polar surface area (TPSA) is 55.6 Å². The number of hydrogen-bond donors (Lipinski definition) is 1. The van der Waals surface area contributed by atoms with Crippen LogP contribution in [0.4, 0.5) is 8.78 Å². The first-order chi connectivity index (χ1) is 16.0. The largest absolute Gasteiger partial charge is 0.369 e. The van der Waals surface area contributed by atoms with Crippen molar-refractivity contribution in [3.63, 3.8) is 0 Å². The summed E-state index contributed by atoms with van der Waals surface area (Å²) in [6, 6.07) is 22.1. The molecule has 4 nitrogen and oxygen atoms in total. The molecule has 3 aromatic rings. The molecule has 0 aliphatic carbocycles. The first-order valence-electron chi connectivity index (χ1n) is 11.2. The minimum atomic E-state index is -0.636. The third-order valence-corrected chi connectivity index (χ3v) is 6.55. The summed E-state index contributed by atoms with van der Waals surface area (Å²) in [5, 5.41) is 0. The first kappa shape index (κ1) is 23.1. The standard InChI is InChI=1S/C27H28F2N2O2/c28-23-10-6-20(7-11-23)25(21-8-12-24(29)13-9-21)33-19-18-31-16-14-27(15-17-31,26(30)32)22-4-2-1-3-5-22/h1-13,25H,14-19H2,(H2,30,32). The summed E-state index contributed by atoms with van der Waals surface area (Å²) in [7, 11) is 0. The SMILES string of the molecule is NC(=O)C1(c2ccccc2)CCN(CCOC(c2ccc(F)cc2)c2ccc(F)cc2)CC1. The molecule has 0 spiro atoms. The minimum absolute atomic E-state index is 0.280. The molecule has 0 unspecified atom stereocenters. The summed E-state index contributed by atoms with van der Waals surface area (Å²) in [4.78, 5) is 14.6. The Kier molecular flexibility index (Phi) is 7.16. The summed E-state index contributed by atoms with van der Waals surface area (Å²) in [6.07, 6.45) is 0.891. The van der Waals surface area contributed by atoms with Gasteiger partial charge in [-0.25, -0.2) is 8.78 Å². The second-order valence-corrected chi connectivity index (χ2v) is 8.51. The highest BCUT2D eigenvalue weighted by atomic mass is 19.1. The number of nitrogens with two attached hydrogens (primary N) is 1. The molecule has 1 saturated heterocycles. The van der Waals surface area contributed by atoms with Gasteiger partial charge in [-0.2, -0.15) is 0 Å². The molecule has 172 valence electrons. The summed E-state index contributed by atoms with van der Waals surface area (Å²) < 4.78 is 33.0. The van der Waals surface area contributed by atoms with Crippen molar-refractivity contribution in [3.05, 3.63) is 107 Å². The van der Waals surface area contributed by atoms with E-state index in [2.05, 4.69) is 4.90 Å². The molecular formula is C27H28F2N2O2. The van der Waals surface area contributed by atoms with Gasteiger partial charge < -0.3 is 15.4 Å². The maximum Gasteiger partial charge on any atom is 0.228 e. The van der Waals surface area contributed by atoms with E-state index in [9.17, 15) is 13.6 Å². The van der Waals surface area contributed by atoms with Crippen molar-refractivity contribution in [3.8, 4) is 0 Å². The van der Waals surface area contributed by atoms with Crippen molar-refractivity contribution in [2.45, 2.75) is 24.4 Å². The van der Waals surface area contributed by atoms with E-state index in [1.807, 2.05) is 30.3 Å². The minimum Gasteiger partial charge on any atom is -0.369 e. The van der Waals surface area contributed by atoms with E-state index in [1.165, 1.54) is 24.3 Å². The molecule has 0 atom stereocenters. The van der Waals surface area contributed by atoms with Gasteiger partial charge in [-0.15, -0.1) is 0 Å². The number of rotatable bonds is 8. The second-order valence-electron chi connectivity index (χ2n) is 8.51. The Labute approximate surface area is 193 Å². The van der Waals surface area contributed by atoms with Crippen LogP contribution in [0, 0.1) is 11.6 Å². The van der Waals surface area contributed by atoms with Gasteiger partial charge in [-0.05, 0) is 66.9 Å². The van der Waals surface area contributed by atoms with Crippen LogP contribution in [0.5, 0.6) is 0 Å². The Morgan fingerprint density at radius 1 is 0.879 bits per heavy atom. The molecule has 0 bridgehead atoms. The smallest absolute Gasteiger partial charge is 0.228 e. The number of primary amides is 1. The third kappa shape index (κ3) is 5.29. The lowest BCUT2D eigenvalue weighted by Crippen LogP contribution is -2.50. The van der Waals surface area contributed by atoms with E-state index >= 15 is 0 Å². The number of nitrogens with zero attached hydrogens (tertiary/aromatic N) is 1. The Morgan fingerprint density at radius 2 is 1.39 bits per heavy atom. The Balaban J connectivity index is 1.39. The van der Waals surface area contributed by atoms with Gasteiger partial charge in [0.25, 0.3) is 0 Å². The zero-order valence-electron chi connectivity index (χ0n) is 18.4. The van der Waals surface area contributed by atoms with E-state index < -0.39 is 11.5 Å². The molecule has 1 fully saturated rings. The summed E-state index contributed by atoms with van der Waals surface area (Å²) in [6.45, 7) is 2.59. The molecule has 6 heteroatoms. The third-order valence-electron chi connectivity index (χ3n) is 6.55. The number of likely N-dealkylation sites (tertiary alicyclic amines) is 1. The van der Waals surface area contributed by atoms with Gasteiger partial charge in [-0.1, -0.05) is 54.6 Å². The quantitative estimate of drug-likeness (QED) is 0.546. The number of hydrogen-bond acceptors (Lipinski definition) is 3. The summed E-state index contributed by atoms with van der Waals surface area (Å²) in [5.74, 6) is -0.917. The van der Waals surface area contributed by atoms with Crippen molar-refractivity contribution < 1.29 is 18.3 Å². The van der Waals surface area contributed by atoms with Crippen molar-refractivity contribution >= 4 is 5.91 Å². The van der Waals surface area contributed by atoms with Crippen LogP contribution in [0.2, 0.25) is 0 Å². The van der Waals surface area contributed by atoms with Gasteiger partial charge in [0.1, 0.15) is 17.7 Å². The van der Waals surface area contributed by atoms with E-state index in [4.69, 9.17) is 10.5 Å². The molecule has 1 aliphatic heterocycles. The molecule has 0 radical (unpaired) electrons. The molecule has 0 aromatic heterocycles. The molecular weight excluding hydrogens is 422 g/mol. The van der Waals surface area contributed by atoms with Crippen LogP contribution in [0.15, 0.2) is 78.9 Å². The van der Waals surface area contributed by atoms with Crippen LogP contribution >= 0.6 is 0 Å². The number of ether oxygens (including phenoxy) is 1. The predicted molar refractivity (Wildman–Crippen MR) is 124 cm³/mol. The van der Waals surface area contributed by atoms with Crippen LogP contribution in [0.3, 0.4) is 0 Å². The van der Waals surface area contributed by atoms with Gasteiger partial charge >= 0.3 is 0 Å². The van der Waals surface area contributed by atoms with Crippen LogP contribution in [-0.2, 0) is 14.9 Å². The Hall–Kier alpha value is -3.09. The maximum atomic E-state index is 13.4. The van der Waals surface area contributed by atoms with Crippen molar-refractivity contribution in [2.24, 2.45) is 5.73 Å². The maximum absolute atomic E-state index is 13.4. The number of carbonyl (C=O) groups is 1. The number of carbonyl (C=O) groups excluding carboxylic acids is 1. The second kappa shape index (κ2) is 10.2. The van der Waals surface area contributed by atoms with Crippen LogP contribution in [-0.4, -0.2) is 37.0 Å². The number of piperidine rings is 1. The van der Waals surface area contributed by atoms with Crippen molar-refractivity contribution in [1.29, 1.82) is 0 Å². The van der Waals surface area contributed by atoms with Gasteiger partial charge in [0.2, 0.25) is 5.91 Å². The van der Waals surface area contributed by atoms with Crippen LogP contribution in [0.1, 0.15) is 35.6 Å². The average Bonchev–Trinajstić information content (AvgIpc) is 2.84. The molecule has 1 heterocycles. The molecule has 1 aliphatic rings. The highest BCUT2D eigenvalue weighted by Crippen LogP contribution is 2.35. The van der Waals surface area contributed by atoms with Crippen molar-refractivity contribution in [1.82, 2.24) is 4.90 Å².